The number of aliphatic hydroxyl groups is 1. The molecule has 19 heavy (non-hydrogen) atoms. The Morgan fingerprint density at radius 1 is 1.53 bits per heavy atom. The summed E-state index contributed by atoms with van der Waals surface area (Å²) < 4.78 is 0. The number of hydrogen-bond donors (Lipinski definition) is 2. The Hall–Kier alpha value is -2.06. The number of likely N-dealkylation sites (tertiary alicyclic amines) is 1. The number of anilines is 1. The highest BCUT2D eigenvalue weighted by molar-refractivity contribution is 5.90. The van der Waals surface area contributed by atoms with Crippen molar-refractivity contribution in [3.8, 4) is 6.07 Å². The first kappa shape index (κ1) is 13.4. The van der Waals surface area contributed by atoms with Crippen molar-refractivity contribution < 1.29 is 9.90 Å². The van der Waals surface area contributed by atoms with Crippen molar-refractivity contribution >= 4 is 11.7 Å². The van der Waals surface area contributed by atoms with E-state index < -0.39 is 5.60 Å². The zero-order valence-corrected chi connectivity index (χ0v) is 11.1. The molecule has 5 heteroatoms. The molecule has 2 N–H and O–H groups in total. The van der Waals surface area contributed by atoms with Gasteiger partial charge < -0.3 is 15.3 Å². The van der Waals surface area contributed by atoms with Gasteiger partial charge in [0, 0.05) is 5.69 Å². The number of benzene rings is 1. The number of carbonyl (C=O) groups is 1. The molecule has 0 bridgehead atoms. The van der Waals surface area contributed by atoms with Gasteiger partial charge in [-0.2, -0.15) is 5.26 Å². The summed E-state index contributed by atoms with van der Waals surface area (Å²) in [5.41, 5.74) is 0.315. The van der Waals surface area contributed by atoms with Gasteiger partial charge in [-0.25, -0.2) is 4.79 Å². The average molecular weight is 259 g/mol. The molecule has 1 heterocycles. The summed E-state index contributed by atoms with van der Waals surface area (Å²) in [7, 11) is 0. The molecule has 1 fully saturated rings. The lowest BCUT2D eigenvalue weighted by atomic mass is 9.83. The van der Waals surface area contributed by atoms with E-state index in [0.29, 0.717) is 24.3 Å². The predicted molar refractivity (Wildman–Crippen MR) is 71.5 cm³/mol. The molecular weight excluding hydrogens is 242 g/mol. The minimum atomic E-state index is -0.772. The maximum atomic E-state index is 11.9. The Bertz CT molecular complexity index is 528. The van der Waals surface area contributed by atoms with E-state index in [9.17, 15) is 9.90 Å². The maximum absolute atomic E-state index is 11.9. The molecule has 0 atom stereocenters. The Balaban J connectivity index is 1.95. The van der Waals surface area contributed by atoms with Crippen LogP contribution in [0.1, 0.15) is 19.4 Å². The van der Waals surface area contributed by atoms with E-state index in [1.807, 2.05) is 19.9 Å². The van der Waals surface area contributed by atoms with Crippen molar-refractivity contribution in [1.29, 1.82) is 5.26 Å². The molecule has 0 aromatic heterocycles. The monoisotopic (exact) mass is 259 g/mol. The summed E-state index contributed by atoms with van der Waals surface area (Å²) in [6.45, 7) is 4.56. The third-order valence-electron chi connectivity index (χ3n) is 3.53. The second-order valence-electron chi connectivity index (χ2n) is 5.24. The highest BCUT2D eigenvalue weighted by Crippen LogP contribution is 2.28. The first-order valence-corrected chi connectivity index (χ1v) is 6.23. The maximum Gasteiger partial charge on any atom is 0.322 e. The summed E-state index contributed by atoms with van der Waals surface area (Å²) >= 11 is 0. The topological polar surface area (TPSA) is 76.4 Å². The minimum Gasteiger partial charge on any atom is -0.386 e. The SMILES string of the molecule is CC(C)C1(O)CN(C(=O)Nc2cccc(C#N)c2)C1. The van der Waals surface area contributed by atoms with Crippen LogP contribution in [0, 0.1) is 17.2 Å². The zero-order valence-electron chi connectivity index (χ0n) is 11.1. The van der Waals surface area contributed by atoms with Gasteiger partial charge in [0.2, 0.25) is 0 Å². The van der Waals surface area contributed by atoms with E-state index in [0.717, 1.165) is 0 Å². The van der Waals surface area contributed by atoms with Gasteiger partial charge in [0.25, 0.3) is 0 Å². The van der Waals surface area contributed by atoms with Gasteiger partial charge in [-0.3, -0.25) is 0 Å². The summed E-state index contributed by atoms with van der Waals surface area (Å²) in [6.07, 6.45) is 0. The molecular formula is C14H17N3O2. The standard InChI is InChI=1S/C14H17N3O2/c1-10(2)14(19)8-17(9-14)13(18)16-12-5-3-4-11(6-12)7-15/h3-6,10,19H,8-9H2,1-2H3,(H,16,18). The molecule has 1 aromatic carbocycles. The molecule has 0 saturated carbocycles. The number of nitrogens with zero attached hydrogens (tertiary/aromatic N) is 2. The fourth-order valence-corrected chi connectivity index (χ4v) is 1.99. The van der Waals surface area contributed by atoms with Crippen LogP contribution in [0.2, 0.25) is 0 Å². The summed E-state index contributed by atoms with van der Waals surface area (Å²) in [6, 6.07) is 8.51. The lowest BCUT2D eigenvalue weighted by Gasteiger charge is -2.48. The minimum absolute atomic E-state index is 0.124. The molecule has 5 nitrogen and oxygen atoms in total. The van der Waals surface area contributed by atoms with Crippen LogP contribution in [0.15, 0.2) is 24.3 Å². The average Bonchev–Trinajstić information content (AvgIpc) is 2.34. The first-order valence-electron chi connectivity index (χ1n) is 6.23. The van der Waals surface area contributed by atoms with E-state index in [1.165, 1.54) is 0 Å². The van der Waals surface area contributed by atoms with Crippen molar-refractivity contribution in [3.63, 3.8) is 0 Å². The van der Waals surface area contributed by atoms with Crippen LogP contribution in [0.3, 0.4) is 0 Å². The second kappa shape index (κ2) is 4.90. The van der Waals surface area contributed by atoms with Gasteiger partial charge in [0.1, 0.15) is 5.60 Å². The van der Waals surface area contributed by atoms with Gasteiger partial charge >= 0.3 is 6.03 Å². The lowest BCUT2D eigenvalue weighted by molar-refractivity contribution is -0.105. The van der Waals surface area contributed by atoms with Crippen LogP contribution < -0.4 is 5.32 Å². The van der Waals surface area contributed by atoms with E-state index in [-0.39, 0.29) is 11.9 Å². The molecule has 0 radical (unpaired) electrons. The van der Waals surface area contributed by atoms with E-state index in [1.54, 1.807) is 29.2 Å². The van der Waals surface area contributed by atoms with Crippen LogP contribution >= 0.6 is 0 Å². The number of carbonyl (C=O) groups excluding carboxylic acids is 1. The van der Waals surface area contributed by atoms with Gasteiger partial charge in [0.05, 0.1) is 24.7 Å². The van der Waals surface area contributed by atoms with E-state index in [4.69, 9.17) is 5.26 Å². The van der Waals surface area contributed by atoms with Crippen LogP contribution in [0.25, 0.3) is 0 Å². The van der Waals surface area contributed by atoms with Crippen molar-refractivity contribution in [2.24, 2.45) is 5.92 Å². The van der Waals surface area contributed by atoms with Crippen molar-refractivity contribution in [2.45, 2.75) is 19.4 Å². The fraction of sp³-hybridized carbons (Fsp3) is 0.429. The molecule has 1 aliphatic heterocycles. The predicted octanol–water partition coefficient (Wildman–Crippen LogP) is 1.79. The molecule has 0 spiro atoms. The van der Waals surface area contributed by atoms with E-state index >= 15 is 0 Å². The summed E-state index contributed by atoms with van der Waals surface area (Å²) in [4.78, 5) is 13.5. The van der Waals surface area contributed by atoms with Gasteiger partial charge in [-0.05, 0) is 24.1 Å². The highest BCUT2D eigenvalue weighted by atomic mass is 16.3. The molecule has 1 aliphatic rings. The summed E-state index contributed by atoms with van der Waals surface area (Å²) in [5.74, 6) is 0.124. The van der Waals surface area contributed by atoms with Gasteiger partial charge in [-0.1, -0.05) is 19.9 Å². The zero-order chi connectivity index (χ0) is 14.0. The highest BCUT2D eigenvalue weighted by Gasteiger charge is 2.45. The van der Waals surface area contributed by atoms with Crippen molar-refractivity contribution in [1.82, 2.24) is 4.90 Å². The second-order valence-corrected chi connectivity index (χ2v) is 5.24. The number of nitrogens with one attached hydrogen (secondary N) is 1. The van der Waals surface area contributed by atoms with Gasteiger partial charge in [0.15, 0.2) is 0 Å². The Morgan fingerprint density at radius 3 is 2.79 bits per heavy atom. The molecule has 0 aliphatic carbocycles. The number of nitriles is 1. The largest absolute Gasteiger partial charge is 0.386 e. The lowest BCUT2D eigenvalue weighted by Crippen LogP contribution is -2.66. The molecule has 1 aromatic rings. The Kier molecular flexibility index (Phi) is 3.45. The quantitative estimate of drug-likeness (QED) is 0.850. The number of amides is 2. The Morgan fingerprint density at radius 2 is 2.21 bits per heavy atom. The molecule has 2 rings (SSSR count). The smallest absolute Gasteiger partial charge is 0.322 e. The van der Waals surface area contributed by atoms with Crippen LogP contribution in [0.5, 0.6) is 0 Å². The number of β-amino-alcohol motifs (C(OH)–C–C–N with tert-alkyl or cyclic N) is 1. The van der Waals surface area contributed by atoms with Crippen molar-refractivity contribution in [3.05, 3.63) is 29.8 Å². The normalized spacial score (nSPS) is 16.7. The molecule has 1 saturated heterocycles. The number of rotatable bonds is 2. The third kappa shape index (κ3) is 2.69. The number of urea groups is 1. The Labute approximate surface area is 112 Å². The van der Waals surface area contributed by atoms with E-state index in [2.05, 4.69) is 5.32 Å². The molecule has 2 amide bonds. The number of hydrogen-bond acceptors (Lipinski definition) is 3. The summed E-state index contributed by atoms with van der Waals surface area (Å²) in [5, 5.41) is 21.6. The van der Waals surface area contributed by atoms with Crippen LogP contribution in [-0.2, 0) is 0 Å². The fourth-order valence-electron chi connectivity index (χ4n) is 1.99. The van der Waals surface area contributed by atoms with Crippen LogP contribution in [0.4, 0.5) is 10.5 Å². The van der Waals surface area contributed by atoms with Gasteiger partial charge in [-0.15, -0.1) is 0 Å². The van der Waals surface area contributed by atoms with Crippen molar-refractivity contribution in [2.75, 3.05) is 18.4 Å². The molecule has 0 unspecified atom stereocenters. The first-order chi connectivity index (χ1) is 8.94. The molecule has 100 valence electrons. The van der Waals surface area contributed by atoms with Crippen LogP contribution in [-0.4, -0.2) is 34.7 Å². The third-order valence-corrected chi connectivity index (χ3v) is 3.53.